The van der Waals surface area contributed by atoms with Gasteiger partial charge in [-0.1, -0.05) is 0 Å². The molecular formula is C7H11N3O. The standard InChI is InChI=1S/C7H11N3O/c1-6-3-4-9-10(6)5-7(11)8-2/h3-4H,2,5,8H2,1H3. The molecule has 0 saturated heterocycles. The Morgan fingerprint density at radius 1 is 1.91 bits per heavy atom. The zero-order valence-corrected chi connectivity index (χ0v) is 6.45. The Balaban J connectivity index is 2.64. The van der Waals surface area contributed by atoms with E-state index in [1.807, 2.05) is 13.0 Å². The highest BCUT2D eigenvalue weighted by Gasteiger charge is 2.03. The maximum Gasteiger partial charge on any atom is 0.306 e. The Kier molecular flexibility index (Phi) is 2.38. The van der Waals surface area contributed by atoms with E-state index in [1.165, 1.54) is 5.32 Å². The van der Waals surface area contributed by atoms with Gasteiger partial charge in [-0.15, -0.1) is 7.05 Å². The predicted octanol–water partition coefficient (Wildman–Crippen LogP) is -0.927. The van der Waals surface area contributed by atoms with E-state index in [0.29, 0.717) is 6.54 Å². The minimum Gasteiger partial charge on any atom is -0.413 e. The molecule has 0 aromatic carbocycles. The molecule has 1 aromatic heterocycles. The zero-order valence-electron chi connectivity index (χ0n) is 6.45. The molecule has 2 N–H and O–H groups in total. The molecule has 0 unspecified atom stereocenters. The van der Waals surface area contributed by atoms with Crippen molar-refractivity contribution in [3.63, 3.8) is 0 Å². The molecule has 0 saturated carbocycles. The number of nitrogens with two attached hydrogens (primary N) is 1. The summed E-state index contributed by atoms with van der Waals surface area (Å²) >= 11 is 0. The topological polar surface area (TPSA) is 51.5 Å². The molecule has 1 aromatic rings. The molecule has 0 aliphatic carbocycles. The van der Waals surface area contributed by atoms with E-state index in [4.69, 9.17) is 0 Å². The van der Waals surface area contributed by atoms with Gasteiger partial charge < -0.3 is 5.32 Å². The summed E-state index contributed by atoms with van der Waals surface area (Å²) in [6.45, 7) is 2.20. The summed E-state index contributed by atoms with van der Waals surface area (Å²) < 4.78 is 1.64. The average Bonchev–Trinajstić information content (AvgIpc) is 2.37. The number of carbonyl (C=O) groups is 1. The van der Waals surface area contributed by atoms with E-state index >= 15 is 0 Å². The van der Waals surface area contributed by atoms with E-state index in [2.05, 4.69) is 12.1 Å². The van der Waals surface area contributed by atoms with Gasteiger partial charge in [0.05, 0.1) is 0 Å². The Morgan fingerprint density at radius 3 is 3.09 bits per heavy atom. The van der Waals surface area contributed by atoms with Crippen LogP contribution in [0.5, 0.6) is 0 Å². The van der Waals surface area contributed by atoms with Gasteiger partial charge in [0.15, 0.2) is 6.54 Å². The Bertz CT molecular complexity index is 254. The molecule has 0 fully saturated rings. The second-order valence-electron chi connectivity index (χ2n) is 2.30. The van der Waals surface area contributed by atoms with Crippen LogP contribution in [-0.2, 0) is 11.3 Å². The molecule has 0 aliphatic heterocycles. The first-order chi connectivity index (χ1) is 5.24. The van der Waals surface area contributed by atoms with Crippen LogP contribution >= 0.6 is 0 Å². The molecule has 60 valence electrons. The third-order valence-corrected chi connectivity index (χ3v) is 1.46. The molecular weight excluding hydrogens is 142 g/mol. The summed E-state index contributed by atoms with van der Waals surface area (Å²) in [5.74, 6) is -0.0169. The van der Waals surface area contributed by atoms with Gasteiger partial charge in [0.25, 0.3) is 0 Å². The number of quaternary nitrogens is 1. The van der Waals surface area contributed by atoms with Gasteiger partial charge in [-0.2, -0.15) is 5.10 Å². The largest absolute Gasteiger partial charge is 0.413 e. The smallest absolute Gasteiger partial charge is 0.306 e. The first-order valence-electron chi connectivity index (χ1n) is 3.37. The summed E-state index contributed by atoms with van der Waals surface area (Å²) in [5, 5.41) is 5.26. The maximum atomic E-state index is 10.9. The number of primary amides is 1. The maximum absolute atomic E-state index is 10.9. The van der Waals surface area contributed by atoms with Crippen molar-refractivity contribution in [2.75, 3.05) is 0 Å². The van der Waals surface area contributed by atoms with E-state index in [0.717, 1.165) is 5.69 Å². The fourth-order valence-corrected chi connectivity index (χ4v) is 0.776. The summed E-state index contributed by atoms with van der Waals surface area (Å²) in [4.78, 5) is 10.9. The minimum atomic E-state index is -0.0169. The first-order valence-corrected chi connectivity index (χ1v) is 3.37. The summed E-state index contributed by atoms with van der Waals surface area (Å²) in [5.41, 5.74) is 0.986. The van der Waals surface area contributed by atoms with Crippen molar-refractivity contribution in [1.29, 1.82) is 0 Å². The van der Waals surface area contributed by atoms with Gasteiger partial charge >= 0.3 is 5.91 Å². The van der Waals surface area contributed by atoms with Crippen LogP contribution in [0.25, 0.3) is 0 Å². The molecule has 1 heterocycles. The number of aromatic nitrogens is 2. The second-order valence-corrected chi connectivity index (χ2v) is 2.30. The molecule has 4 nitrogen and oxygen atoms in total. The Hall–Kier alpha value is -1.16. The van der Waals surface area contributed by atoms with Crippen LogP contribution in [-0.4, -0.2) is 15.7 Å². The molecule has 11 heavy (non-hydrogen) atoms. The second kappa shape index (κ2) is 3.30. The monoisotopic (exact) mass is 153 g/mol. The van der Waals surface area contributed by atoms with Crippen LogP contribution in [0.4, 0.5) is 0 Å². The lowest BCUT2D eigenvalue weighted by atomic mass is 10.5. The SMILES string of the molecule is [CH2-][NH2+]C(=O)Cn1nccc1C. The molecule has 4 heteroatoms. The van der Waals surface area contributed by atoms with Crippen LogP contribution < -0.4 is 5.32 Å². The minimum absolute atomic E-state index is 0.0169. The average molecular weight is 153 g/mol. The van der Waals surface area contributed by atoms with Gasteiger partial charge in [-0.3, -0.25) is 4.68 Å². The van der Waals surface area contributed by atoms with E-state index in [1.54, 1.807) is 10.9 Å². The van der Waals surface area contributed by atoms with Crippen molar-refractivity contribution < 1.29 is 10.1 Å². The van der Waals surface area contributed by atoms with Crippen molar-refractivity contribution >= 4 is 5.91 Å². The number of nitrogens with zero attached hydrogens (tertiary/aromatic N) is 2. The normalized spacial score (nSPS) is 10.0. The number of amides is 1. The predicted molar refractivity (Wildman–Crippen MR) is 39.3 cm³/mol. The number of carbonyl (C=O) groups excluding carboxylic acids is 1. The lowest BCUT2D eigenvalue weighted by Gasteiger charge is -2.00. The highest BCUT2D eigenvalue weighted by molar-refractivity contribution is 5.65. The Morgan fingerprint density at radius 2 is 2.64 bits per heavy atom. The molecule has 0 aliphatic rings. The fraction of sp³-hybridized carbons (Fsp3) is 0.286. The summed E-state index contributed by atoms with van der Waals surface area (Å²) in [6.07, 6.45) is 1.67. The van der Waals surface area contributed by atoms with Crippen LogP contribution in [0.1, 0.15) is 5.69 Å². The summed E-state index contributed by atoms with van der Waals surface area (Å²) in [6, 6.07) is 1.86. The summed E-state index contributed by atoms with van der Waals surface area (Å²) in [7, 11) is 3.38. The van der Waals surface area contributed by atoms with Crippen molar-refractivity contribution in [2.45, 2.75) is 13.5 Å². The van der Waals surface area contributed by atoms with Crippen LogP contribution in [0.3, 0.4) is 0 Å². The first kappa shape index (κ1) is 7.94. The van der Waals surface area contributed by atoms with E-state index in [9.17, 15) is 4.79 Å². The third kappa shape index (κ3) is 1.88. The number of rotatable bonds is 2. The van der Waals surface area contributed by atoms with E-state index in [-0.39, 0.29) is 5.91 Å². The van der Waals surface area contributed by atoms with Gasteiger partial charge in [0.1, 0.15) is 0 Å². The van der Waals surface area contributed by atoms with Crippen LogP contribution in [0.15, 0.2) is 12.3 Å². The lowest BCUT2D eigenvalue weighted by Crippen LogP contribution is -2.82. The number of hydrogen-bond donors (Lipinski definition) is 1. The van der Waals surface area contributed by atoms with Crippen molar-refractivity contribution in [2.24, 2.45) is 0 Å². The van der Waals surface area contributed by atoms with Crippen molar-refractivity contribution in [3.8, 4) is 0 Å². The highest BCUT2D eigenvalue weighted by Crippen LogP contribution is 1.93. The molecule has 1 rings (SSSR count). The van der Waals surface area contributed by atoms with Crippen LogP contribution in [0, 0.1) is 14.0 Å². The third-order valence-electron chi connectivity index (χ3n) is 1.46. The highest BCUT2D eigenvalue weighted by atomic mass is 16.1. The van der Waals surface area contributed by atoms with Gasteiger partial charge in [0.2, 0.25) is 0 Å². The number of aryl methyl sites for hydroxylation is 1. The van der Waals surface area contributed by atoms with Crippen molar-refractivity contribution in [3.05, 3.63) is 25.0 Å². The van der Waals surface area contributed by atoms with Crippen LogP contribution in [0.2, 0.25) is 0 Å². The molecule has 1 amide bonds. The molecule has 0 bridgehead atoms. The van der Waals surface area contributed by atoms with Gasteiger partial charge in [-0.25, -0.2) is 4.79 Å². The molecule has 0 atom stereocenters. The molecule has 0 radical (unpaired) electrons. The Labute approximate surface area is 65.2 Å². The van der Waals surface area contributed by atoms with Gasteiger partial charge in [0, 0.05) is 11.9 Å². The molecule has 0 spiro atoms. The zero-order chi connectivity index (χ0) is 8.27. The van der Waals surface area contributed by atoms with E-state index < -0.39 is 0 Å². The lowest BCUT2D eigenvalue weighted by molar-refractivity contribution is -0.508. The van der Waals surface area contributed by atoms with Crippen molar-refractivity contribution in [1.82, 2.24) is 9.78 Å². The van der Waals surface area contributed by atoms with Gasteiger partial charge in [-0.05, 0) is 13.0 Å². The quantitative estimate of drug-likeness (QED) is 0.558. The number of hydrogen-bond acceptors (Lipinski definition) is 2. The fourth-order valence-electron chi connectivity index (χ4n) is 0.776.